The fraction of sp³-hybridized carbons (Fsp3) is 0.150. The molecule has 1 aliphatic heterocycles. The summed E-state index contributed by atoms with van der Waals surface area (Å²) < 4.78 is 5.85. The van der Waals surface area contributed by atoms with Crippen LogP contribution in [0.1, 0.15) is 16.7 Å². The summed E-state index contributed by atoms with van der Waals surface area (Å²) in [4.78, 5) is 38.5. The Labute approximate surface area is 175 Å². The molecule has 0 atom stereocenters. The van der Waals surface area contributed by atoms with E-state index in [2.05, 4.69) is 5.32 Å². The number of carbonyl (C=O) groups is 3. The van der Waals surface area contributed by atoms with Gasteiger partial charge in [0.05, 0.1) is 12.8 Å². The molecule has 2 aromatic rings. The third-order valence-electron chi connectivity index (χ3n) is 4.16. The van der Waals surface area contributed by atoms with Crippen LogP contribution in [0.2, 0.25) is 0 Å². The number of hydrogen-bond acceptors (Lipinski definition) is 5. The molecule has 7 nitrogen and oxygen atoms in total. The van der Waals surface area contributed by atoms with Crippen LogP contribution in [0.15, 0.2) is 35.9 Å². The van der Waals surface area contributed by atoms with E-state index in [-0.39, 0.29) is 22.6 Å². The van der Waals surface area contributed by atoms with Gasteiger partial charge in [0.2, 0.25) is 0 Å². The van der Waals surface area contributed by atoms with E-state index in [1.54, 1.807) is 24.3 Å². The molecule has 0 bridgehead atoms. The second kappa shape index (κ2) is 7.63. The predicted molar refractivity (Wildman–Crippen MR) is 112 cm³/mol. The van der Waals surface area contributed by atoms with Gasteiger partial charge in [0, 0.05) is 9.13 Å². The second-order valence-electron chi connectivity index (χ2n) is 6.35. The minimum absolute atomic E-state index is 0.203. The van der Waals surface area contributed by atoms with Gasteiger partial charge in [-0.05, 0) is 77.9 Å². The first kappa shape index (κ1) is 19.9. The number of amides is 4. The van der Waals surface area contributed by atoms with Crippen molar-refractivity contribution in [2.75, 3.05) is 12.0 Å². The average Bonchev–Trinajstić information content (AvgIpc) is 2.60. The van der Waals surface area contributed by atoms with Crippen LogP contribution in [0.3, 0.4) is 0 Å². The molecule has 2 aromatic carbocycles. The first-order valence-electron chi connectivity index (χ1n) is 8.27. The predicted octanol–water partition coefficient (Wildman–Crippen LogP) is 3.29. The maximum Gasteiger partial charge on any atom is 0.335 e. The van der Waals surface area contributed by atoms with Crippen LogP contribution in [-0.2, 0) is 9.59 Å². The first-order chi connectivity index (χ1) is 13.2. The minimum Gasteiger partial charge on any atom is -0.504 e. The molecule has 0 unspecified atom stereocenters. The van der Waals surface area contributed by atoms with E-state index in [0.717, 1.165) is 19.6 Å². The van der Waals surface area contributed by atoms with Crippen molar-refractivity contribution in [3.63, 3.8) is 0 Å². The van der Waals surface area contributed by atoms with Gasteiger partial charge in [-0.1, -0.05) is 6.07 Å². The van der Waals surface area contributed by atoms with Crippen molar-refractivity contribution in [2.45, 2.75) is 13.8 Å². The number of methoxy groups -OCH3 is 1. The van der Waals surface area contributed by atoms with Gasteiger partial charge in [-0.3, -0.25) is 14.9 Å². The smallest absolute Gasteiger partial charge is 0.335 e. The molecule has 144 valence electrons. The molecule has 0 aliphatic carbocycles. The number of nitrogens with zero attached hydrogens (tertiary/aromatic N) is 1. The summed E-state index contributed by atoms with van der Waals surface area (Å²) in [6, 6.07) is 7.68. The molecule has 2 N–H and O–H groups in total. The van der Waals surface area contributed by atoms with Crippen LogP contribution in [0.4, 0.5) is 10.5 Å². The molecular weight excluding hydrogens is 475 g/mol. The van der Waals surface area contributed by atoms with Crippen LogP contribution in [0.25, 0.3) is 6.08 Å². The Morgan fingerprint density at radius 3 is 2.32 bits per heavy atom. The summed E-state index contributed by atoms with van der Waals surface area (Å²) in [6.07, 6.45) is 1.25. The number of ether oxygens (including phenoxy) is 1. The molecule has 1 heterocycles. The topological polar surface area (TPSA) is 95.9 Å². The first-order valence-corrected chi connectivity index (χ1v) is 9.35. The summed E-state index contributed by atoms with van der Waals surface area (Å²) in [7, 11) is 1.40. The number of halogens is 1. The van der Waals surface area contributed by atoms with E-state index in [1.165, 1.54) is 13.2 Å². The number of nitrogens with one attached hydrogen (secondary N) is 1. The normalized spacial score (nSPS) is 15.8. The van der Waals surface area contributed by atoms with Gasteiger partial charge in [-0.25, -0.2) is 9.69 Å². The van der Waals surface area contributed by atoms with Crippen molar-refractivity contribution in [1.29, 1.82) is 0 Å². The summed E-state index contributed by atoms with van der Waals surface area (Å²) in [5.41, 5.74) is 2.08. The van der Waals surface area contributed by atoms with Crippen LogP contribution < -0.4 is 15.0 Å². The quantitative estimate of drug-likeness (QED) is 0.390. The molecule has 1 fully saturated rings. The van der Waals surface area contributed by atoms with Crippen molar-refractivity contribution >= 4 is 52.2 Å². The van der Waals surface area contributed by atoms with E-state index in [9.17, 15) is 19.5 Å². The number of phenols is 1. The van der Waals surface area contributed by atoms with Crippen molar-refractivity contribution in [3.8, 4) is 11.5 Å². The number of imide groups is 2. The van der Waals surface area contributed by atoms with Gasteiger partial charge in [-0.15, -0.1) is 0 Å². The lowest BCUT2D eigenvalue weighted by atomic mass is 10.0. The molecule has 0 aromatic heterocycles. The number of anilines is 1. The fourth-order valence-corrected chi connectivity index (χ4v) is 3.61. The Morgan fingerprint density at radius 1 is 1.07 bits per heavy atom. The molecule has 4 amide bonds. The highest BCUT2D eigenvalue weighted by Crippen LogP contribution is 2.34. The number of urea groups is 1. The number of aromatic hydroxyl groups is 1. The number of carbonyl (C=O) groups excluding carboxylic acids is 3. The fourth-order valence-electron chi connectivity index (χ4n) is 2.99. The molecule has 1 aliphatic rings. The van der Waals surface area contributed by atoms with E-state index < -0.39 is 17.8 Å². The Morgan fingerprint density at radius 2 is 1.71 bits per heavy atom. The standard InChI is InChI=1S/C20H17IN2O5/c1-10-4-11(2)6-14(5-10)23-19(26)15(18(25)22-20(23)27)8-12-7-13(21)9-16(28-3)17(12)24/h4-9,24H,1-3H3,(H,22,25,27)/b15-8+. The molecule has 28 heavy (non-hydrogen) atoms. The number of phenolic OH excluding ortho intramolecular Hbond substituents is 1. The SMILES string of the molecule is COc1cc(I)cc(/C=C2\C(=O)NC(=O)N(c3cc(C)cc(C)c3)C2=O)c1O. The lowest BCUT2D eigenvalue weighted by molar-refractivity contribution is -0.122. The zero-order valence-corrected chi connectivity index (χ0v) is 17.5. The van der Waals surface area contributed by atoms with Gasteiger partial charge in [0.15, 0.2) is 11.5 Å². The summed E-state index contributed by atoms with van der Waals surface area (Å²) in [6.45, 7) is 3.70. The van der Waals surface area contributed by atoms with Gasteiger partial charge < -0.3 is 9.84 Å². The third-order valence-corrected chi connectivity index (χ3v) is 4.78. The maximum atomic E-state index is 13.0. The molecule has 0 radical (unpaired) electrons. The molecule has 0 spiro atoms. The van der Waals surface area contributed by atoms with Crippen LogP contribution in [0, 0.1) is 17.4 Å². The van der Waals surface area contributed by atoms with Crippen LogP contribution >= 0.6 is 22.6 Å². The van der Waals surface area contributed by atoms with Crippen molar-refractivity contribution < 1.29 is 24.2 Å². The van der Waals surface area contributed by atoms with Crippen molar-refractivity contribution in [1.82, 2.24) is 5.32 Å². The Bertz CT molecular complexity index is 1020. The maximum absolute atomic E-state index is 13.0. The second-order valence-corrected chi connectivity index (χ2v) is 7.60. The minimum atomic E-state index is -0.826. The highest BCUT2D eigenvalue weighted by molar-refractivity contribution is 14.1. The van der Waals surface area contributed by atoms with Gasteiger partial charge in [0.1, 0.15) is 5.57 Å². The number of benzene rings is 2. The van der Waals surface area contributed by atoms with Crippen LogP contribution in [0.5, 0.6) is 11.5 Å². The lowest BCUT2D eigenvalue weighted by Gasteiger charge is -2.27. The van der Waals surface area contributed by atoms with E-state index in [1.807, 2.05) is 42.5 Å². The summed E-state index contributed by atoms with van der Waals surface area (Å²) in [5, 5.41) is 12.5. The number of rotatable bonds is 3. The average molecular weight is 492 g/mol. The Kier molecular flexibility index (Phi) is 5.41. The molecule has 1 saturated heterocycles. The Hall–Kier alpha value is -2.88. The van der Waals surface area contributed by atoms with E-state index >= 15 is 0 Å². The zero-order chi connectivity index (χ0) is 20.6. The molecule has 0 saturated carbocycles. The number of hydrogen-bond donors (Lipinski definition) is 2. The van der Waals surface area contributed by atoms with Gasteiger partial charge >= 0.3 is 6.03 Å². The third kappa shape index (κ3) is 3.72. The van der Waals surface area contributed by atoms with Gasteiger partial charge in [-0.2, -0.15) is 0 Å². The number of barbiturate groups is 1. The van der Waals surface area contributed by atoms with Crippen LogP contribution in [-0.4, -0.2) is 30.1 Å². The molecule has 8 heteroatoms. The summed E-state index contributed by atoms with van der Waals surface area (Å²) >= 11 is 2.03. The van der Waals surface area contributed by atoms with Crippen molar-refractivity contribution in [3.05, 3.63) is 56.2 Å². The summed E-state index contributed by atoms with van der Waals surface area (Å²) in [5.74, 6) is -1.58. The highest BCUT2D eigenvalue weighted by Gasteiger charge is 2.37. The molecular formula is C20H17IN2O5. The Balaban J connectivity index is 2.10. The van der Waals surface area contributed by atoms with E-state index in [0.29, 0.717) is 5.69 Å². The monoisotopic (exact) mass is 492 g/mol. The highest BCUT2D eigenvalue weighted by atomic mass is 127. The zero-order valence-electron chi connectivity index (χ0n) is 15.4. The van der Waals surface area contributed by atoms with E-state index in [4.69, 9.17) is 4.74 Å². The largest absolute Gasteiger partial charge is 0.504 e. The van der Waals surface area contributed by atoms with Crippen molar-refractivity contribution in [2.24, 2.45) is 0 Å². The lowest BCUT2D eigenvalue weighted by Crippen LogP contribution is -2.54. The number of aryl methyl sites for hydroxylation is 2. The van der Waals surface area contributed by atoms with Gasteiger partial charge in [0.25, 0.3) is 11.8 Å². The molecule has 3 rings (SSSR count).